The van der Waals surface area contributed by atoms with Crippen LogP contribution < -0.4 is 10.6 Å². The molecule has 7 nitrogen and oxygen atoms in total. The van der Waals surface area contributed by atoms with Crippen LogP contribution in [-0.2, 0) is 10.4 Å². The topological polar surface area (TPSA) is 100 Å². The molecule has 1 aliphatic rings. The fourth-order valence-electron chi connectivity index (χ4n) is 3.51. The predicted octanol–water partition coefficient (Wildman–Crippen LogP) is 3.40. The Bertz CT molecular complexity index is 1210. The maximum absolute atomic E-state index is 12.4. The van der Waals surface area contributed by atoms with Crippen molar-refractivity contribution >= 4 is 39.0 Å². The average Bonchev–Trinajstić information content (AvgIpc) is 3.32. The molecule has 1 aliphatic heterocycles. The smallest absolute Gasteiger partial charge is 0.261 e. The van der Waals surface area contributed by atoms with Gasteiger partial charge < -0.3 is 15.7 Å². The lowest BCUT2D eigenvalue weighted by molar-refractivity contribution is -0.134. The summed E-state index contributed by atoms with van der Waals surface area (Å²) in [6.07, 6.45) is 1.92. The van der Waals surface area contributed by atoms with Crippen LogP contribution in [0.4, 0.5) is 11.5 Å². The number of amides is 1. The van der Waals surface area contributed by atoms with E-state index in [1.54, 1.807) is 18.3 Å². The molecule has 0 spiro atoms. The predicted molar refractivity (Wildman–Crippen MR) is 113 cm³/mol. The van der Waals surface area contributed by atoms with Crippen LogP contribution in [0.15, 0.2) is 60.1 Å². The summed E-state index contributed by atoms with van der Waals surface area (Å²) in [5, 5.41) is 19.9. The van der Waals surface area contributed by atoms with Crippen molar-refractivity contribution in [3.8, 4) is 11.5 Å². The van der Waals surface area contributed by atoms with Crippen LogP contribution in [0.1, 0.15) is 12.0 Å². The molecular formula is C21H17N5O2S. The second-order valence-corrected chi connectivity index (χ2v) is 7.68. The molecule has 29 heavy (non-hydrogen) atoms. The van der Waals surface area contributed by atoms with Gasteiger partial charge in [0, 0.05) is 30.4 Å². The Morgan fingerprint density at radius 3 is 2.83 bits per heavy atom. The summed E-state index contributed by atoms with van der Waals surface area (Å²) in [4.78, 5) is 26.8. The first kappa shape index (κ1) is 17.7. The average molecular weight is 403 g/mol. The maximum Gasteiger partial charge on any atom is 0.261 e. The van der Waals surface area contributed by atoms with Gasteiger partial charge in [0.05, 0.1) is 5.39 Å². The highest BCUT2D eigenvalue weighted by molar-refractivity contribution is 7.16. The zero-order chi connectivity index (χ0) is 19.8. The molecule has 0 saturated carbocycles. The monoisotopic (exact) mass is 403 g/mol. The van der Waals surface area contributed by atoms with E-state index in [1.807, 2.05) is 41.8 Å². The summed E-state index contributed by atoms with van der Waals surface area (Å²) in [5.74, 6) is 0.788. The van der Waals surface area contributed by atoms with E-state index in [0.29, 0.717) is 35.1 Å². The van der Waals surface area contributed by atoms with E-state index in [-0.39, 0.29) is 6.42 Å². The molecule has 3 N–H and O–H groups in total. The van der Waals surface area contributed by atoms with Gasteiger partial charge in [0.1, 0.15) is 16.3 Å². The van der Waals surface area contributed by atoms with Crippen molar-refractivity contribution in [2.45, 2.75) is 12.0 Å². The number of benzene rings is 1. The summed E-state index contributed by atoms with van der Waals surface area (Å²) in [5.41, 5.74) is 0.381. The molecule has 1 unspecified atom stereocenters. The van der Waals surface area contributed by atoms with Crippen molar-refractivity contribution in [2.75, 3.05) is 17.2 Å². The summed E-state index contributed by atoms with van der Waals surface area (Å²) in [7, 11) is 0. The third kappa shape index (κ3) is 3.02. The Morgan fingerprint density at radius 1 is 1.10 bits per heavy atom. The van der Waals surface area contributed by atoms with E-state index >= 15 is 0 Å². The number of thiophene rings is 1. The van der Waals surface area contributed by atoms with E-state index in [1.165, 1.54) is 11.3 Å². The molecule has 5 rings (SSSR count). The quantitative estimate of drug-likeness (QED) is 0.472. The number of hydrogen-bond acceptors (Lipinski definition) is 7. The van der Waals surface area contributed by atoms with E-state index in [2.05, 4.69) is 25.6 Å². The van der Waals surface area contributed by atoms with Crippen LogP contribution >= 0.6 is 11.3 Å². The Morgan fingerprint density at radius 2 is 1.97 bits per heavy atom. The third-order valence-electron chi connectivity index (χ3n) is 4.99. The van der Waals surface area contributed by atoms with E-state index in [0.717, 1.165) is 10.2 Å². The molecule has 1 amide bonds. The molecule has 0 bridgehead atoms. The van der Waals surface area contributed by atoms with E-state index in [9.17, 15) is 9.90 Å². The van der Waals surface area contributed by atoms with Crippen molar-refractivity contribution in [1.82, 2.24) is 15.0 Å². The van der Waals surface area contributed by atoms with E-state index in [4.69, 9.17) is 0 Å². The van der Waals surface area contributed by atoms with Crippen LogP contribution in [0.2, 0.25) is 0 Å². The van der Waals surface area contributed by atoms with Crippen molar-refractivity contribution in [2.24, 2.45) is 0 Å². The van der Waals surface area contributed by atoms with Crippen molar-refractivity contribution in [3.05, 3.63) is 65.7 Å². The lowest BCUT2D eigenvalue weighted by atomic mass is 9.92. The van der Waals surface area contributed by atoms with Gasteiger partial charge in [-0.3, -0.25) is 9.78 Å². The zero-order valence-electron chi connectivity index (χ0n) is 15.3. The Hall–Kier alpha value is -3.36. The van der Waals surface area contributed by atoms with Gasteiger partial charge in [-0.2, -0.15) is 0 Å². The van der Waals surface area contributed by atoms with Crippen molar-refractivity contribution in [3.63, 3.8) is 0 Å². The van der Waals surface area contributed by atoms with Gasteiger partial charge in [-0.25, -0.2) is 9.97 Å². The minimum absolute atomic E-state index is 0.213. The minimum atomic E-state index is -1.56. The summed E-state index contributed by atoms with van der Waals surface area (Å²) in [6, 6.07) is 14.8. The molecule has 3 aromatic heterocycles. The van der Waals surface area contributed by atoms with Crippen LogP contribution in [0.5, 0.6) is 0 Å². The summed E-state index contributed by atoms with van der Waals surface area (Å²) in [6.45, 7) is 0.363. The van der Waals surface area contributed by atoms with Gasteiger partial charge in [-0.05, 0) is 29.6 Å². The molecule has 0 fully saturated rings. The highest BCUT2D eigenvalue weighted by Gasteiger charge is 2.44. The standard InChI is InChI=1S/C21H17N5O2S/c27-20-21(28,14-5-1-2-6-15(14)24-20)9-11-23-17-13-8-12-29-19(13)26-18(25-17)16-7-3-4-10-22-16/h1-8,10,12,28H,9,11H2,(H,24,27)(H,23,25,26). The number of carbonyl (C=O) groups is 1. The molecule has 1 atom stereocenters. The number of aliphatic hydroxyl groups is 1. The van der Waals surface area contributed by atoms with Gasteiger partial charge >= 0.3 is 0 Å². The number of rotatable bonds is 5. The number of nitrogens with one attached hydrogen (secondary N) is 2. The van der Waals surface area contributed by atoms with Gasteiger partial charge in [-0.15, -0.1) is 11.3 Å². The molecule has 0 aliphatic carbocycles. The number of pyridine rings is 1. The number of nitrogens with zero attached hydrogens (tertiary/aromatic N) is 3. The molecule has 144 valence electrons. The number of carbonyl (C=O) groups excluding carboxylic acids is 1. The molecule has 4 heterocycles. The van der Waals surface area contributed by atoms with Gasteiger partial charge in [0.15, 0.2) is 11.4 Å². The fourth-order valence-corrected chi connectivity index (χ4v) is 4.27. The first-order chi connectivity index (χ1) is 14.1. The Balaban J connectivity index is 1.41. The van der Waals surface area contributed by atoms with Crippen LogP contribution in [-0.4, -0.2) is 32.5 Å². The zero-order valence-corrected chi connectivity index (χ0v) is 16.1. The fraction of sp³-hybridized carbons (Fsp3) is 0.143. The summed E-state index contributed by atoms with van der Waals surface area (Å²) < 4.78 is 0. The van der Waals surface area contributed by atoms with Gasteiger partial charge in [-0.1, -0.05) is 24.3 Å². The van der Waals surface area contributed by atoms with Crippen LogP contribution in [0.25, 0.3) is 21.7 Å². The SMILES string of the molecule is O=C1Nc2ccccc2C1(O)CCNc1nc(-c2ccccn2)nc2sccc12. The first-order valence-corrected chi connectivity index (χ1v) is 10.1. The minimum Gasteiger partial charge on any atom is -0.375 e. The normalized spacial score (nSPS) is 17.9. The largest absolute Gasteiger partial charge is 0.375 e. The Kier molecular flexibility index (Phi) is 4.22. The van der Waals surface area contributed by atoms with Crippen LogP contribution in [0.3, 0.4) is 0 Å². The van der Waals surface area contributed by atoms with Crippen molar-refractivity contribution in [1.29, 1.82) is 0 Å². The molecular weight excluding hydrogens is 386 g/mol. The number of aromatic nitrogens is 3. The number of anilines is 2. The molecule has 0 saturated heterocycles. The first-order valence-electron chi connectivity index (χ1n) is 9.19. The molecule has 1 aromatic carbocycles. The second-order valence-electron chi connectivity index (χ2n) is 6.79. The van der Waals surface area contributed by atoms with Gasteiger partial charge in [0.25, 0.3) is 5.91 Å². The molecule has 4 aromatic rings. The van der Waals surface area contributed by atoms with Gasteiger partial charge in [0.2, 0.25) is 0 Å². The Labute approximate surface area is 170 Å². The number of hydrogen-bond donors (Lipinski definition) is 3. The number of fused-ring (bicyclic) bond motifs is 2. The van der Waals surface area contributed by atoms with Crippen LogP contribution in [0, 0.1) is 0 Å². The van der Waals surface area contributed by atoms with E-state index < -0.39 is 11.5 Å². The highest BCUT2D eigenvalue weighted by Crippen LogP contribution is 2.38. The lowest BCUT2D eigenvalue weighted by Gasteiger charge is -2.21. The molecule has 0 radical (unpaired) electrons. The summed E-state index contributed by atoms with van der Waals surface area (Å²) >= 11 is 1.53. The second kappa shape index (κ2) is 6.91. The highest BCUT2D eigenvalue weighted by atomic mass is 32.1. The maximum atomic E-state index is 12.4. The number of para-hydroxylation sites is 1. The third-order valence-corrected chi connectivity index (χ3v) is 5.80. The van der Waals surface area contributed by atoms with Crippen molar-refractivity contribution < 1.29 is 9.90 Å². The lowest BCUT2D eigenvalue weighted by Crippen LogP contribution is -2.36. The molecule has 8 heteroatoms.